The minimum atomic E-state index is -2.99. The van der Waals surface area contributed by atoms with E-state index < -0.39 is 12.5 Å². The molecule has 0 saturated carbocycles. The predicted octanol–water partition coefficient (Wildman–Crippen LogP) is 3.32. The summed E-state index contributed by atoms with van der Waals surface area (Å²) in [5, 5.41) is 0. The lowest BCUT2D eigenvalue weighted by molar-refractivity contribution is -0.135. The number of alkyl halides is 2. The predicted molar refractivity (Wildman–Crippen MR) is 110 cm³/mol. The van der Waals surface area contributed by atoms with Crippen molar-refractivity contribution in [2.45, 2.75) is 19.6 Å². The number of benzene rings is 2. The summed E-state index contributed by atoms with van der Waals surface area (Å²) in [5.74, 6) is -0.148. The van der Waals surface area contributed by atoms with Crippen LogP contribution >= 0.6 is 0 Å². The summed E-state index contributed by atoms with van der Waals surface area (Å²) in [6.45, 7) is -2.56. The number of amides is 2. The molecule has 2 amide bonds. The van der Waals surface area contributed by atoms with Gasteiger partial charge in [-0.2, -0.15) is 8.78 Å². The highest BCUT2D eigenvalue weighted by molar-refractivity contribution is 6.00. The van der Waals surface area contributed by atoms with E-state index in [-0.39, 0.29) is 42.8 Å². The van der Waals surface area contributed by atoms with Crippen LogP contribution in [0.3, 0.4) is 0 Å². The van der Waals surface area contributed by atoms with Gasteiger partial charge in [0.05, 0.1) is 20.1 Å². The zero-order valence-electron chi connectivity index (χ0n) is 17.5. The zero-order valence-corrected chi connectivity index (χ0v) is 17.5. The second kappa shape index (κ2) is 9.63. The second-order valence-corrected chi connectivity index (χ2v) is 7.16. The van der Waals surface area contributed by atoms with Crippen LogP contribution in [0.25, 0.3) is 0 Å². The molecular weight excluding hydrogens is 410 g/mol. The molecule has 2 aromatic rings. The molecule has 3 rings (SSSR count). The first-order chi connectivity index (χ1) is 14.8. The first-order valence-corrected chi connectivity index (χ1v) is 9.63. The molecule has 1 atom stereocenters. The maximum Gasteiger partial charge on any atom is 0.387 e. The van der Waals surface area contributed by atoms with Gasteiger partial charge in [0, 0.05) is 38.3 Å². The quantitative estimate of drug-likeness (QED) is 0.638. The number of rotatable bonds is 8. The number of hydrogen-bond acceptors (Lipinski definition) is 5. The Bertz CT molecular complexity index is 953. The van der Waals surface area contributed by atoms with Gasteiger partial charge >= 0.3 is 6.61 Å². The minimum absolute atomic E-state index is 0.0999. The highest BCUT2D eigenvalue weighted by atomic mass is 19.3. The Morgan fingerprint density at radius 2 is 1.94 bits per heavy atom. The van der Waals surface area contributed by atoms with E-state index in [9.17, 15) is 18.4 Å². The summed E-state index contributed by atoms with van der Waals surface area (Å²) < 4.78 is 40.0. The molecule has 1 saturated heterocycles. The second-order valence-electron chi connectivity index (χ2n) is 7.16. The molecule has 0 spiro atoms. The van der Waals surface area contributed by atoms with Crippen molar-refractivity contribution in [1.29, 1.82) is 0 Å². The summed E-state index contributed by atoms with van der Waals surface area (Å²) >= 11 is 0. The van der Waals surface area contributed by atoms with Crippen molar-refractivity contribution in [2.75, 3.05) is 32.7 Å². The molecular formula is C22H24F2N2O5. The molecule has 1 aliphatic heterocycles. The summed E-state index contributed by atoms with van der Waals surface area (Å²) in [7, 11) is 4.51. The van der Waals surface area contributed by atoms with Gasteiger partial charge in [-0.3, -0.25) is 9.59 Å². The van der Waals surface area contributed by atoms with Crippen molar-refractivity contribution in [3.8, 4) is 17.2 Å². The van der Waals surface area contributed by atoms with Gasteiger partial charge in [-0.25, -0.2) is 0 Å². The van der Waals surface area contributed by atoms with Crippen molar-refractivity contribution < 1.29 is 32.6 Å². The van der Waals surface area contributed by atoms with Crippen LogP contribution in [-0.4, -0.2) is 51.1 Å². The molecule has 0 bridgehead atoms. The van der Waals surface area contributed by atoms with E-state index in [1.807, 2.05) is 0 Å². The SMILES string of the molecule is COc1cccc(N2CC(C(=O)N(C)Cc3ccc(OC)c(OC(F)F)c3)CC2=O)c1. The van der Waals surface area contributed by atoms with Crippen molar-refractivity contribution in [1.82, 2.24) is 4.90 Å². The fraction of sp³-hybridized carbons (Fsp3) is 0.364. The van der Waals surface area contributed by atoms with Gasteiger partial charge in [-0.05, 0) is 29.8 Å². The van der Waals surface area contributed by atoms with Gasteiger partial charge in [-0.1, -0.05) is 12.1 Å². The van der Waals surface area contributed by atoms with Crippen molar-refractivity contribution >= 4 is 17.5 Å². The van der Waals surface area contributed by atoms with Crippen LogP contribution in [0, 0.1) is 5.92 Å². The number of carbonyl (C=O) groups excluding carboxylic acids is 2. The van der Waals surface area contributed by atoms with E-state index in [1.165, 1.54) is 24.1 Å². The number of nitrogens with zero attached hydrogens (tertiary/aromatic N) is 2. The first kappa shape index (κ1) is 22.3. The third kappa shape index (κ3) is 5.22. The minimum Gasteiger partial charge on any atom is -0.497 e. The van der Waals surface area contributed by atoms with Gasteiger partial charge in [0.25, 0.3) is 0 Å². The van der Waals surface area contributed by atoms with Gasteiger partial charge in [0.1, 0.15) is 5.75 Å². The van der Waals surface area contributed by atoms with Crippen LogP contribution in [0.15, 0.2) is 42.5 Å². The van der Waals surface area contributed by atoms with Crippen LogP contribution in [0.2, 0.25) is 0 Å². The molecule has 7 nitrogen and oxygen atoms in total. The number of hydrogen-bond donors (Lipinski definition) is 0. The van der Waals surface area contributed by atoms with Crippen LogP contribution in [0.4, 0.5) is 14.5 Å². The van der Waals surface area contributed by atoms with Crippen molar-refractivity contribution in [3.05, 3.63) is 48.0 Å². The molecule has 0 aliphatic carbocycles. The lowest BCUT2D eigenvalue weighted by Gasteiger charge is -2.22. The van der Waals surface area contributed by atoms with Crippen LogP contribution in [0.5, 0.6) is 17.2 Å². The zero-order chi connectivity index (χ0) is 22.5. The highest BCUT2D eigenvalue weighted by Gasteiger charge is 2.36. The lowest BCUT2D eigenvalue weighted by Crippen LogP contribution is -2.34. The normalized spacial score (nSPS) is 15.9. The smallest absolute Gasteiger partial charge is 0.387 e. The molecule has 1 aliphatic rings. The van der Waals surface area contributed by atoms with E-state index in [4.69, 9.17) is 9.47 Å². The molecule has 0 N–H and O–H groups in total. The summed E-state index contributed by atoms with van der Waals surface area (Å²) in [4.78, 5) is 28.5. The Labute approximate surface area is 179 Å². The molecule has 1 heterocycles. The molecule has 2 aromatic carbocycles. The standard InChI is InChI=1S/C22H24F2N2O5/c1-25(12-14-7-8-18(30-3)19(9-14)31-22(23)24)21(28)15-10-20(27)26(13-15)16-5-4-6-17(11-16)29-2/h4-9,11,15,22H,10,12-13H2,1-3H3. The van der Waals surface area contributed by atoms with E-state index in [0.717, 1.165) is 0 Å². The molecule has 0 aromatic heterocycles. The molecule has 1 unspecified atom stereocenters. The lowest BCUT2D eigenvalue weighted by atomic mass is 10.1. The molecule has 1 fully saturated rings. The van der Waals surface area contributed by atoms with Gasteiger partial charge in [-0.15, -0.1) is 0 Å². The summed E-state index contributed by atoms with van der Waals surface area (Å²) in [6, 6.07) is 11.7. The maximum atomic E-state index is 12.9. The van der Waals surface area contributed by atoms with Gasteiger partial charge in [0.2, 0.25) is 11.8 Å². The fourth-order valence-corrected chi connectivity index (χ4v) is 3.57. The Morgan fingerprint density at radius 3 is 2.61 bits per heavy atom. The van der Waals surface area contributed by atoms with Crippen molar-refractivity contribution in [3.63, 3.8) is 0 Å². The Morgan fingerprint density at radius 1 is 1.16 bits per heavy atom. The Hall–Kier alpha value is -3.36. The van der Waals surface area contributed by atoms with E-state index >= 15 is 0 Å². The summed E-state index contributed by atoms with van der Waals surface area (Å²) in [6.07, 6.45) is 0.0999. The number of anilines is 1. The fourth-order valence-electron chi connectivity index (χ4n) is 3.57. The van der Waals surface area contributed by atoms with Gasteiger partial charge in [0.15, 0.2) is 11.5 Å². The van der Waals surface area contributed by atoms with Crippen LogP contribution < -0.4 is 19.1 Å². The van der Waals surface area contributed by atoms with E-state index in [1.54, 1.807) is 49.4 Å². The molecule has 0 radical (unpaired) electrons. The largest absolute Gasteiger partial charge is 0.497 e. The van der Waals surface area contributed by atoms with Crippen LogP contribution in [-0.2, 0) is 16.1 Å². The molecule has 9 heteroatoms. The molecule has 166 valence electrons. The number of carbonyl (C=O) groups is 2. The Balaban J connectivity index is 1.68. The number of halogens is 2. The number of methoxy groups -OCH3 is 2. The van der Waals surface area contributed by atoms with E-state index in [0.29, 0.717) is 17.0 Å². The van der Waals surface area contributed by atoms with Crippen molar-refractivity contribution in [2.24, 2.45) is 5.92 Å². The number of ether oxygens (including phenoxy) is 3. The average Bonchev–Trinajstić information content (AvgIpc) is 3.14. The highest BCUT2D eigenvalue weighted by Crippen LogP contribution is 2.31. The molecule has 31 heavy (non-hydrogen) atoms. The monoisotopic (exact) mass is 434 g/mol. The van der Waals surface area contributed by atoms with E-state index in [2.05, 4.69) is 4.74 Å². The topological polar surface area (TPSA) is 68.3 Å². The third-order valence-electron chi connectivity index (χ3n) is 5.08. The Kier molecular flexibility index (Phi) is 6.94. The first-order valence-electron chi connectivity index (χ1n) is 9.63. The maximum absolute atomic E-state index is 12.9. The average molecular weight is 434 g/mol. The van der Waals surface area contributed by atoms with Crippen LogP contribution in [0.1, 0.15) is 12.0 Å². The van der Waals surface area contributed by atoms with Gasteiger partial charge < -0.3 is 24.0 Å². The summed E-state index contributed by atoms with van der Waals surface area (Å²) in [5.41, 5.74) is 1.27. The third-order valence-corrected chi connectivity index (χ3v) is 5.08.